The SMILES string of the molecule is O=C(CCNCc1ccccc1Cl)N1CCN(c2cccc(Cl)c2)CC1. The molecule has 138 valence electrons. The monoisotopic (exact) mass is 391 g/mol. The normalized spacial score (nSPS) is 14.5. The Morgan fingerprint density at radius 1 is 1.00 bits per heavy atom. The van der Waals surface area contributed by atoms with Gasteiger partial charge in [-0.3, -0.25) is 4.79 Å². The molecule has 0 saturated carbocycles. The highest BCUT2D eigenvalue weighted by molar-refractivity contribution is 6.31. The second-order valence-corrected chi connectivity index (χ2v) is 7.21. The Hall–Kier alpha value is -1.75. The van der Waals surface area contributed by atoms with Gasteiger partial charge in [0.2, 0.25) is 5.91 Å². The molecule has 1 aliphatic heterocycles. The fourth-order valence-electron chi connectivity index (χ4n) is 3.11. The second-order valence-electron chi connectivity index (χ2n) is 6.37. The molecule has 0 unspecified atom stereocenters. The average molecular weight is 392 g/mol. The Morgan fingerprint density at radius 2 is 1.77 bits per heavy atom. The fourth-order valence-corrected chi connectivity index (χ4v) is 3.49. The van der Waals surface area contributed by atoms with Crippen molar-refractivity contribution in [3.05, 3.63) is 64.1 Å². The molecule has 1 N–H and O–H groups in total. The number of carbonyl (C=O) groups excluding carboxylic acids is 1. The summed E-state index contributed by atoms with van der Waals surface area (Å²) in [6.45, 7) is 4.48. The van der Waals surface area contributed by atoms with Gasteiger partial charge in [-0.05, 0) is 29.8 Å². The van der Waals surface area contributed by atoms with Crippen molar-refractivity contribution in [2.24, 2.45) is 0 Å². The first kappa shape index (κ1) is 19.0. The van der Waals surface area contributed by atoms with Gasteiger partial charge in [0, 0.05) is 61.4 Å². The summed E-state index contributed by atoms with van der Waals surface area (Å²) in [4.78, 5) is 16.6. The molecule has 3 rings (SSSR count). The zero-order chi connectivity index (χ0) is 18.4. The molecule has 2 aromatic rings. The van der Waals surface area contributed by atoms with E-state index in [0.29, 0.717) is 19.5 Å². The van der Waals surface area contributed by atoms with E-state index < -0.39 is 0 Å². The van der Waals surface area contributed by atoms with Gasteiger partial charge >= 0.3 is 0 Å². The van der Waals surface area contributed by atoms with Gasteiger partial charge in [-0.2, -0.15) is 0 Å². The number of rotatable bonds is 6. The Labute approximate surface area is 164 Å². The minimum atomic E-state index is 0.197. The van der Waals surface area contributed by atoms with Crippen LogP contribution in [-0.4, -0.2) is 43.5 Å². The molecule has 26 heavy (non-hydrogen) atoms. The van der Waals surface area contributed by atoms with Crippen LogP contribution in [0.2, 0.25) is 10.0 Å². The molecule has 1 amide bonds. The number of piperazine rings is 1. The lowest BCUT2D eigenvalue weighted by atomic mass is 10.2. The first-order valence-electron chi connectivity index (χ1n) is 8.86. The Balaban J connectivity index is 1.39. The minimum absolute atomic E-state index is 0.197. The number of hydrogen-bond acceptors (Lipinski definition) is 3. The lowest BCUT2D eigenvalue weighted by molar-refractivity contribution is -0.131. The van der Waals surface area contributed by atoms with Crippen molar-refractivity contribution in [1.29, 1.82) is 0 Å². The van der Waals surface area contributed by atoms with Crippen LogP contribution in [0.3, 0.4) is 0 Å². The number of amides is 1. The smallest absolute Gasteiger partial charge is 0.223 e. The highest BCUT2D eigenvalue weighted by Crippen LogP contribution is 2.21. The molecule has 1 saturated heterocycles. The van der Waals surface area contributed by atoms with E-state index in [9.17, 15) is 4.79 Å². The van der Waals surface area contributed by atoms with Crippen LogP contribution < -0.4 is 10.2 Å². The molecule has 0 aliphatic carbocycles. The molecular weight excluding hydrogens is 369 g/mol. The average Bonchev–Trinajstić information content (AvgIpc) is 2.66. The van der Waals surface area contributed by atoms with Gasteiger partial charge < -0.3 is 15.1 Å². The Morgan fingerprint density at radius 3 is 2.50 bits per heavy atom. The van der Waals surface area contributed by atoms with Crippen LogP contribution >= 0.6 is 23.2 Å². The van der Waals surface area contributed by atoms with E-state index in [1.807, 2.05) is 47.4 Å². The quantitative estimate of drug-likeness (QED) is 0.760. The lowest BCUT2D eigenvalue weighted by Crippen LogP contribution is -2.49. The van der Waals surface area contributed by atoms with Crippen LogP contribution in [0.4, 0.5) is 5.69 Å². The molecule has 0 radical (unpaired) electrons. The Kier molecular flexibility index (Phi) is 6.78. The van der Waals surface area contributed by atoms with E-state index in [1.165, 1.54) is 0 Å². The predicted octanol–water partition coefficient (Wildman–Crippen LogP) is 3.82. The molecule has 0 spiro atoms. The molecule has 1 fully saturated rings. The number of nitrogens with one attached hydrogen (secondary N) is 1. The number of hydrogen-bond donors (Lipinski definition) is 1. The van der Waals surface area contributed by atoms with E-state index in [-0.39, 0.29) is 5.91 Å². The first-order chi connectivity index (χ1) is 12.6. The van der Waals surface area contributed by atoms with E-state index >= 15 is 0 Å². The summed E-state index contributed by atoms with van der Waals surface area (Å²) >= 11 is 12.2. The molecule has 4 nitrogen and oxygen atoms in total. The van der Waals surface area contributed by atoms with Crippen molar-refractivity contribution in [1.82, 2.24) is 10.2 Å². The van der Waals surface area contributed by atoms with Gasteiger partial charge in [0.25, 0.3) is 0 Å². The number of nitrogens with zero attached hydrogens (tertiary/aromatic N) is 2. The van der Waals surface area contributed by atoms with E-state index in [1.54, 1.807) is 0 Å². The number of halogens is 2. The van der Waals surface area contributed by atoms with Crippen molar-refractivity contribution in [2.75, 3.05) is 37.6 Å². The highest BCUT2D eigenvalue weighted by atomic mass is 35.5. The molecular formula is C20H23Cl2N3O. The van der Waals surface area contributed by atoms with Crippen molar-refractivity contribution < 1.29 is 4.79 Å². The zero-order valence-corrected chi connectivity index (χ0v) is 16.1. The van der Waals surface area contributed by atoms with Gasteiger partial charge in [0.05, 0.1) is 0 Å². The van der Waals surface area contributed by atoms with Crippen LogP contribution in [0.1, 0.15) is 12.0 Å². The summed E-state index contributed by atoms with van der Waals surface area (Å²) in [5.41, 5.74) is 2.17. The molecule has 0 atom stereocenters. The number of anilines is 1. The molecule has 6 heteroatoms. The van der Waals surface area contributed by atoms with Crippen molar-refractivity contribution in [3.8, 4) is 0 Å². The summed E-state index contributed by atoms with van der Waals surface area (Å²) in [7, 11) is 0. The van der Waals surface area contributed by atoms with Crippen molar-refractivity contribution in [3.63, 3.8) is 0 Å². The summed E-state index contributed by atoms with van der Waals surface area (Å²) in [5, 5.41) is 4.79. The Bertz CT molecular complexity index is 745. The van der Waals surface area contributed by atoms with Gasteiger partial charge in [-0.1, -0.05) is 47.5 Å². The van der Waals surface area contributed by atoms with E-state index in [0.717, 1.165) is 47.5 Å². The summed E-state index contributed by atoms with van der Waals surface area (Å²) in [6.07, 6.45) is 0.502. The second kappa shape index (κ2) is 9.26. The maximum Gasteiger partial charge on any atom is 0.223 e. The number of carbonyl (C=O) groups is 1. The zero-order valence-electron chi connectivity index (χ0n) is 14.6. The third-order valence-electron chi connectivity index (χ3n) is 4.59. The first-order valence-corrected chi connectivity index (χ1v) is 9.61. The molecule has 0 bridgehead atoms. The third kappa shape index (κ3) is 5.13. The molecule has 0 aromatic heterocycles. The van der Waals surface area contributed by atoms with Crippen molar-refractivity contribution in [2.45, 2.75) is 13.0 Å². The maximum atomic E-state index is 12.4. The predicted molar refractivity (Wildman–Crippen MR) is 108 cm³/mol. The van der Waals surface area contributed by atoms with Crippen LogP contribution in [0.5, 0.6) is 0 Å². The summed E-state index contributed by atoms with van der Waals surface area (Å²) < 4.78 is 0. The largest absolute Gasteiger partial charge is 0.368 e. The molecule has 2 aromatic carbocycles. The summed E-state index contributed by atoms with van der Waals surface area (Å²) in [6, 6.07) is 15.6. The van der Waals surface area contributed by atoms with Gasteiger partial charge in [0.1, 0.15) is 0 Å². The fraction of sp³-hybridized carbons (Fsp3) is 0.350. The van der Waals surface area contributed by atoms with Crippen LogP contribution in [0.25, 0.3) is 0 Å². The van der Waals surface area contributed by atoms with Crippen LogP contribution in [0.15, 0.2) is 48.5 Å². The third-order valence-corrected chi connectivity index (χ3v) is 5.20. The van der Waals surface area contributed by atoms with Gasteiger partial charge in [0.15, 0.2) is 0 Å². The van der Waals surface area contributed by atoms with Crippen molar-refractivity contribution >= 4 is 34.8 Å². The summed E-state index contributed by atoms with van der Waals surface area (Å²) in [5.74, 6) is 0.197. The van der Waals surface area contributed by atoms with Gasteiger partial charge in [-0.25, -0.2) is 0 Å². The van der Waals surface area contributed by atoms with Crippen LogP contribution in [0, 0.1) is 0 Å². The standard InChI is InChI=1S/C20H23Cl2N3O/c21-17-5-3-6-18(14-17)24-10-12-25(13-11-24)20(26)8-9-23-15-16-4-1-2-7-19(16)22/h1-7,14,23H,8-13,15H2. The molecule has 1 heterocycles. The number of benzene rings is 2. The van der Waals surface area contributed by atoms with Crippen LogP contribution in [-0.2, 0) is 11.3 Å². The topological polar surface area (TPSA) is 35.6 Å². The van der Waals surface area contributed by atoms with E-state index in [2.05, 4.69) is 16.3 Å². The highest BCUT2D eigenvalue weighted by Gasteiger charge is 2.20. The lowest BCUT2D eigenvalue weighted by Gasteiger charge is -2.36. The van der Waals surface area contributed by atoms with E-state index in [4.69, 9.17) is 23.2 Å². The van der Waals surface area contributed by atoms with Gasteiger partial charge in [-0.15, -0.1) is 0 Å². The molecule has 1 aliphatic rings. The maximum absolute atomic E-state index is 12.4. The minimum Gasteiger partial charge on any atom is -0.368 e.